The van der Waals surface area contributed by atoms with Crippen LogP contribution in [0.3, 0.4) is 0 Å². The predicted molar refractivity (Wildman–Crippen MR) is 114 cm³/mol. The van der Waals surface area contributed by atoms with E-state index in [9.17, 15) is 20.1 Å². The minimum atomic E-state index is -1.38. The number of pyridine rings is 1. The molecule has 1 amide bonds. The van der Waals surface area contributed by atoms with E-state index in [1.165, 1.54) is 11.6 Å². The van der Waals surface area contributed by atoms with Gasteiger partial charge in [0.05, 0.1) is 6.61 Å². The highest BCUT2D eigenvalue weighted by Gasteiger charge is 2.46. The second kappa shape index (κ2) is 10.4. The standard InChI is InChI=1S/C20H29N5O5S/c1-3-4-5-10-24-18(13-6-8-21-9-7-13)23-25(20(24)31)19-15(22-12(2)27)17(29)16(28)14(11-26)30-19/h6-9,14-17,19,26,28-29H,3-5,10-11H2,1-2H3,(H,22,27)/t14-,15+,16+,17-,19-/m0/s1. The molecule has 0 radical (unpaired) electrons. The van der Waals surface area contributed by atoms with Crippen molar-refractivity contribution >= 4 is 18.1 Å². The zero-order valence-corrected chi connectivity index (χ0v) is 18.4. The van der Waals surface area contributed by atoms with Crippen LogP contribution in [0.5, 0.6) is 0 Å². The van der Waals surface area contributed by atoms with Crippen LogP contribution in [0.25, 0.3) is 11.4 Å². The summed E-state index contributed by atoms with van der Waals surface area (Å²) in [6.07, 6.45) is 1.46. The highest BCUT2D eigenvalue weighted by atomic mass is 32.1. The predicted octanol–water partition coefficient (Wildman–Crippen LogP) is 0.782. The monoisotopic (exact) mass is 451 g/mol. The molecule has 11 heteroatoms. The minimum absolute atomic E-state index is 0.351. The Morgan fingerprint density at radius 1 is 1.26 bits per heavy atom. The zero-order chi connectivity index (χ0) is 22.5. The van der Waals surface area contributed by atoms with Crippen LogP contribution < -0.4 is 5.32 Å². The topological polar surface area (TPSA) is 135 Å². The van der Waals surface area contributed by atoms with Gasteiger partial charge in [-0.1, -0.05) is 19.8 Å². The second-order valence-electron chi connectivity index (χ2n) is 7.60. The van der Waals surface area contributed by atoms with Crippen molar-refractivity contribution in [3.8, 4) is 11.4 Å². The quantitative estimate of drug-likeness (QED) is 0.342. The fourth-order valence-corrected chi connectivity index (χ4v) is 4.03. The molecule has 3 rings (SSSR count). The summed E-state index contributed by atoms with van der Waals surface area (Å²) in [7, 11) is 0. The van der Waals surface area contributed by atoms with E-state index < -0.39 is 43.1 Å². The molecule has 2 aromatic rings. The van der Waals surface area contributed by atoms with Crippen molar-refractivity contribution in [2.75, 3.05) is 6.61 Å². The van der Waals surface area contributed by atoms with E-state index >= 15 is 0 Å². The molecule has 1 aliphatic heterocycles. The van der Waals surface area contributed by atoms with Crippen LogP contribution in [0.2, 0.25) is 0 Å². The van der Waals surface area contributed by atoms with Gasteiger partial charge in [-0.2, -0.15) is 0 Å². The number of hydrogen-bond donors (Lipinski definition) is 4. The first kappa shape index (κ1) is 23.5. The van der Waals surface area contributed by atoms with Crippen molar-refractivity contribution in [1.29, 1.82) is 0 Å². The number of carbonyl (C=O) groups is 1. The Kier molecular flexibility index (Phi) is 7.89. The normalized spacial score (nSPS) is 26.0. The Morgan fingerprint density at radius 2 is 1.97 bits per heavy atom. The van der Waals surface area contributed by atoms with Gasteiger partial charge in [0.15, 0.2) is 12.1 Å². The third-order valence-corrected chi connectivity index (χ3v) is 5.73. The fraction of sp³-hybridized carbons (Fsp3) is 0.600. The maximum absolute atomic E-state index is 11.8. The van der Waals surface area contributed by atoms with E-state index in [4.69, 9.17) is 17.0 Å². The summed E-state index contributed by atoms with van der Waals surface area (Å²) in [6.45, 7) is 3.54. The molecule has 4 N–H and O–H groups in total. The van der Waals surface area contributed by atoms with Crippen molar-refractivity contribution in [3.05, 3.63) is 29.3 Å². The molecular formula is C20H29N5O5S. The number of nitrogens with zero attached hydrogens (tertiary/aromatic N) is 4. The average Bonchev–Trinajstić information content (AvgIpc) is 3.08. The third-order valence-electron chi connectivity index (χ3n) is 5.32. The van der Waals surface area contributed by atoms with Crippen LogP contribution in [-0.2, 0) is 16.1 Å². The Hall–Kier alpha value is -2.18. The molecule has 1 fully saturated rings. The van der Waals surface area contributed by atoms with Gasteiger partial charge in [-0.05, 0) is 30.8 Å². The molecule has 0 unspecified atom stereocenters. The first-order valence-electron chi connectivity index (χ1n) is 10.4. The molecule has 170 valence electrons. The molecule has 2 aromatic heterocycles. The van der Waals surface area contributed by atoms with Gasteiger partial charge in [0.1, 0.15) is 24.4 Å². The number of ether oxygens (including phenoxy) is 1. The van der Waals surface area contributed by atoms with Crippen molar-refractivity contribution in [2.24, 2.45) is 0 Å². The summed E-state index contributed by atoms with van der Waals surface area (Å²) < 4.78 is 9.53. The van der Waals surface area contributed by atoms with Crippen molar-refractivity contribution < 1.29 is 24.9 Å². The third kappa shape index (κ3) is 5.01. The van der Waals surface area contributed by atoms with Gasteiger partial charge in [0.25, 0.3) is 0 Å². The lowest BCUT2D eigenvalue weighted by molar-refractivity contribution is -0.219. The number of rotatable bonds is 8. The Morgan fingerprint density at radius 3 is 2.58 bits per heavy atom. The van der Waals surface area contributed by atoms with E-state index in [2.05, 4.69) is 22.3 Å². The second-order valence-corrected chi connectivity index (χ2v) is 7.97. The molecule has 0 spiro atoms. The number of aliphatic hydroxyl groups is 3. The lowest BCUT2D eigenvalue weighted by Gasteiger charge is -2.42. The summed E-state index contributed by atoms with van der Waals surface area (Å²) in [5.74, 6) is 0.199. The van der Waals surface area contributed by atoms with Crippen LogP contribution in [0.15, 0.2) is 24.5 Å². The number of carbonyl (C=O) groups excluding carboxylic acids is 1. The van der Waals surface area contributed by atoms with Gasteiger partial charge in [0.2, 0.25) is 10.7 Å². The van der Waals surface area contributed by atoms with Gasteiger partial charge in [-0.3, -0.25) is 14.3 Å². The summed E-state index contributed by atoms with van der Waals surface area (Å²) in [6, 6.07) is 2.63. The molecule has 0 saturated carbocycles. The molecule has 5 atom stereocenters. The Balaban J connectivity index is 2.08. The summed E-state index contributed by atoms with van der Waals surface area (Å²) in [5, 5.41) is 37.8. The average molecular weight is 452 g/mol. The molecular weight excluding hydrogens is 422 g/mol. The highest BCUT2D eigenvalue weighted by Crippen LogP contribution is 2.30. The molecule has 0 bridgehead atoms. The zero-order valence-electron chi connectivity index (χ0n) is 17.6. The number of aliphatic hydroxyl groups excluding tert-OH is 3. The number of amides is 1. The summed E-state index contributed by atoms with van der Waals surface area (Å²) >= 11 is 5.70. The van der Waals surface area contributed by atoms with E-state index in [0.717, 1.165) is 24.8 Å². The van der Waals surface area contributed by atoms with Gasteiger partial charge >= 0.3 is 0 Å². The number of nitrogens with one attached hydrogen (secondary N) is 1. The lowest BCUT2D eigenvalue weighted by atomic mass is 9.96. The fourth-order valence-electron chi connectivity index (χ4n) is 3.71. The molecule has 0 aromatic carbocycles. The van der Waals surface area contributed by atoms with Crippen LogP contribution in [-0.4, -0.2) is 71.5 Å². The van der Waals surface area contributed by atoms with Crippen molar-refractivity contribution in [3.63, 3.8) is 0 Å². The van der Waals surface area contributed by atoms with Crippen LogP contribution in [0.4, 0.5) is 0 Å². The Labute approximate surface area is 185 Å². The van der Waals surface area contributed by atoms with Crippen molar-refractivity contribution in [1.82, 2.24) is 24.6 Å². The van der Waals surface area contributed by atoms with Gasteiger partial charge in [-0.15, -0.1) is 5.10 Å². The number of hydrogen-bond acceptors (Lipinski definition) is 8. The number of unbranched alkanes of at least 4 members (excludes halogenated alkanes) is 2. The maximum atomic E-state index is 11.8. The first-order valence-corrected chi connectivity index (χ1v) is 10.8. The van der Waals surface area contributed by atoms with E-state index in [0.29, 0.717) is 17.1 Å². The summed E-state index contributed by atoms with van der Waals surface area (Å²) in [4.78, 5) is 15.8. The smallest absolute Gasteiger partial charge is 0.217 e. The molecule has 0 aliphatic carbocycles. The lowest BCUT2D eigenvalue weighted by Crippen LogP contribution is -2.62. The summed E-state index contributed by atoms with van der Waals surface area (Å²) in [5.41, 5.74) is 0.808. The molecule has 10 nitrogen and oxygen atoms in total. The molecule has 1 aliphatic rings. The van der Waals surface area contributed by atoms with Crippen molar-refractivity contribution in [2.45, 2.75) is 70.2 Å². The first-order chi connectivity index (χ1) is 14.9. The Bertz CT molecular complexity index is 934. The molecule has 1 saturated heterocycles. The minimum Gasteiger partial charge on any atom is -0.394 e. The van der Waals surface area contributed by atoms with Gasteiger partial charge in [0, 0.05) is 31.4 Å². The van der Waals surface area contributed by atoms with Crippen LogP contribution in [0.1, 0.15) is 39.3 Å². The maximum Gasteiger partial charge on any atom is 0.217 e. The van der Waals surface area contributed by atoms with E-state index in [1.807, 2.05) is 16.7 Å². The van der Waals surface area contributed by atoms with Gasteiger partial charge < -0.3 is 25.4 Å². The van der Waals surface area contributed by atoms with E-state index in [-0.39, 0.29) is 0 Å². The van der Waals surface area contributed by atoms with E-state index in [1.54, 1.807) is 12.4 Å². The van der Waals surface area contributed by atoms with Crippen LogP contribution >= 0.6 is 12.2 Å². The highest BCUT2D eigenvalue weighted by molar-refractivity contribution is 7.71. The van der Waals surface area contributed by atoms with Gasteiger partial charge in [-0.25, -0.2) is 4.68 Å². The molecule has 3 heterocycles. The largest absolute Gasteiger partial charge is 0.394 e. The molecule has 31 heavy (non-hydrogen) atoms. The van der Waals surface area contributed by atoms with Crippen LogP contribution in [0, 0.1) is 4.77 Å². The SMILES string of the molecule is CCCCCn1c(-c2ccncc2)nn([C@H]2O[C@@H](CO)[C@@H](O)[C@@H](O)[C@H]2NC(C)=O)c1=S. The number of aromatic nitrogens is 4.